The number of aromatic nitrogens is 1. The van der Waals surface area contributed by atoms with Crippen molar-refractivity contribution in [2.45, 2.75) is 0 Å². The van der Waals surface area contributed by atoms with Crippen molar-refractivity contribution in [2.24, 2.45) is 0 Å². The molecule has 1 aromatic heterocycles. The van der Waals surface area contributed by atoms with E-state index in [2.05, 4.69) is 120 Å². The maximum Gasteiger partial charge on any atom is 0.135 e. The number of fused-ring (bicyclic) bond motifs is 6. The quantitative estimate of drug-likeness (QED) is 0.252. The normalized spacial score (nSPS) is 12.4. The smallest absolute Gasteiger partial charge is 0.135 e. The van der Waals surface area contributed by atoms with Crippen molar-refractivity contribution in [3.63, 3.8) is 0 Å². The van der Waals surface area contributed by atoms with Gasteiger partial charge in [0.15, 0.2) is 0 Å². The highest BCUT2D eigenvalue weighted by Gasteiger charge is 2.21. The summed E-state index contributed by atoms with van der Waals surface area (Å²) in [6.45, 7) is 0. The van der Waals surface area contributed by atoms with Gasteiger partial charge in [-0.2, -0.15) is 0 Å². The highest BCUT2D eigenvalue weighted by molar-refractivity contribution is 6.13. The average molecular weight is 434 g/mol. The van der Waals surface area contributed by atoms with Crippen LogP contribution in [-0.4, -0.2) is 4.57 Å². The van der Waals surface area contributed by atoms with E-state index in [9.17, 15) is 0 Å². The predicted molar refractivity (Wildman–Crippen MR) is 141 cm³/mol. The molecule has 1 aliphatic rings. The van der Waals surface area contributed by atoms with Gasteiger partial charge in [-0.15, -0.1) is 0 Å². The Morgan fingerprint density at radius 3 is 2.15 bits per heavy atom. The highest BCUT2D eigenvalue weighted by Crippen LogP contribution is 2.47. The second kappa shape index (κ2) is 6.49. The van der Waals surface area contributed by atoms with E-state index >= 15 is 0 Å². The standard InChI is InChI=1S/C32H19NO/c1-2-8-22-18-29-26(17-21(22)7-1)24-11-3-4-13-28(24)33(29)23-15-16-30-27(19-23)25-12-5-9-20-10-6-14-31(34-30)32(20)25/h1-19H. The maximum absolute atomic E-state index is 6.35. The summed E-state index contributed by atoms with van der Waals surface area (Å²) in [4.78, 5) is 0. The van der Waals surface area contributed by atoms with E-state index in [-0.39, 0.29) is 0 Å². The van der Waals surface area contributed by atoms with Crippen molar-refractivity contribution in [1.29, 1.82) is 0 Å². The Morgan fingerprint density at radius 1 is 0.471 bits per heavy atom. The van der Waals surface area contributed by atoms with Crippen LogP contribution in [0.25, 0.3) is 60.2 Å². The third-order valence-corrected chi connectivity index (χ3v) is 7.14. The summed E-state index contributed by atoms with van der Waals surface area (Å²) in [6.07, 6.45) is 0. The molecular formula is C32H19NO. The molecule has 0 spiro atoms. The van der Waals surface area contributed by atoms with Crippen molar-refractivity contribution >= 4 is 43.4 Å². The molecule has 8 rings (SSSR count). The van der Waals surface area contributed by atoms with Gasteiger partial charge in [0.25, 0.3) is 0 Å². The molecule has 2 heteroatoms. The molecule has 0 saturated heterocycles. The van der Waals surface area contributed by atoms with Crippen LogP contribution in [0.4, 0.5) is 0 Å². The fourth-order valence-electron chi connectivity index (χ4n) is 5.62. The summed E-state index contributed by atoms with van der Waals surface area (Å²) in [5.41, 5.74) is 5.93. The second-order valence-electron chi connectivity index (χ2n) is 9.01. The zero-order valence-corrected chi connectivity index (χ0v) is 18.3. The van der Waals surface area contributed by atoms with Gasteiger partial charge in [0.1, 0.15) is 11.5 Å². The molecule has 1 aliphatic heterocycles. The number of benzene rings is 6. The molecule has 6 aromatic carbocycles. The van der Waals surface area contributed by atoms with Crippen molar-refractivity contribution in [2.75, 3.05) is 0 Å². The molecule has 0 amide bonds. The molecule has 0 radical (unpaired) electrons. The number of para-hydroxylation sites is 1. The lowest BCUT2D eigenvalue weighted by Gasteiger charge is -2.22. The average Bonchev–Trinajstić information content (AvgIpc) is 3.21. The minimum absolute atomic E-state index is 0.904. The fraction of sp³-hybridized carbons (Fsp3) is 0. The van der Waals surface area contributed by atoms with Gasteiger partial charge in [0.2, 0.25) is 0 Å². The lowest BCUT2D eigenvalue weighted by molar-refractivity contribution is 0.487. The fourth-order valence-corrected chi connectivity index (χ4v) is 5.62. The Balaban J connectivity index is 1.46. The summed E-state index contributed by atoms with van der Waals surface area (Å²) >= 11 is 0. The molecule has 158 valence electrons. The summed E-state index contributed by atoms with van der Waals surface area (Å²) < 4.78 is 8.73. The lowest BCUT2D eigenvalue weighted by atomic mass is 9.94. The SMILES string of the molecule is c1ccc2cc3c(cc2c1)c1ccccc1n3-c1ccc2c(c1)-c1cccc3cccc(c13)O2. The van der Waals surface area contributed by atoms with Crippen LogP contribution in [-0.2, 0) is 0 Å². The Morgan fingerprint density at radius 2 is 1.24 bits per heavy atom. The Hall–Kier alpha value is -4.56. The van der Waals surface area contributed by atoms with E-state index in [4.69, 9.17) is 4.74 Å². The number of rotatable bonds is 1. The molecule has 0 bridgehead atoms. The van der Waals surface area contributed by atoms with Gasteiger partial charge in [-0.1, -0.05) is 72.8 Å². The summed E-state index contributed by atoms with van der Waals surface area (Å²) in [7, 11) is 0. The largest absolute Gasteiger partial charge is 0.456 e. The van der Waals surface area contributed by atoms with Crippen LogP contribution in [0.5, 0.6) is 11.5 Å². The van der Waals surface area contributed by atoms with Gasteiger partial charge >= 0.3 is 0 Å². The van der Waals surface area contributed by atoms with Crippen molar-refractivity contribution in [3.05, 3.63) is 115 Å². The summed E-state index contributed by atoms with van der Waals surface area (Å²) in [5.74, 6) is 1.83. The molecule has 0 unspecified atom stereocenters. The van der Waals surface area contributed by atoms with E-state index in [0.717, 1.165) is 22.7 Å². The van der Waals surface area contributed by atoms with Crippen LogP contribution in [0.15, 0.2) is 115 Å². The first-order valence-corrected chi connectivity index (χ1v) is 11.6. The minimum Gasteiger partial charge on any atom is -0.456 e. The van der Waals surface area contributed by atoms with Gasteiger partial charge in [-0.25, -0.2) is 0 Å². The van der Waals surface area contributed by atoms with E-state index < -0.39 is 0 Å². The van der Waals surface area contributed by atoms with E-state index in [0.29, 0.717) is 0 Å². The van der Waals surface area contributed by atoms with Gasteiger partial charge < -0.3 is 9.30 Å². The molecule has 0 fully saturated rings. The first kappa shape index (κ1) is 17.9. The molecule has 0 saturated carbocycles. The van der Waals surface area contributed by atoms with Crippen LogP contribution in [0.1, 0.15) is 0 Å². The molecule has 34 heavy (non-hydrogen) atoms. The minimum atomic E-state index is 0.904. The first-order valence-electron chi connectivity index (χ1n) is 11.6. The molecule has 0 aliphatic carbocycles. The van der Waals surface area contributed by atoms with Gasteiger partial charge in [0, 0.05) is 27.4 Å². The zero-order valence-electron chi connectivity index (χ0n) is 18.3. The highest BCUT2D eigenvalue weighted by atomic mass is 16.5. The number of ether oxygens (including phenoxy) is 1. The molecule has 7 aromatic rings. The topological polar surface area (TPSA) is 14.2 Å². The Labute approximate surface area is 196 Å². The van der Waals surface area contributed by atoms with Crippen molar-refractivity contribution in [3.8, 4) is 28.3 Å². The van der Waals surface area contributed by atoms with Crippen LogP contribution >= 0.6 is 0 Å². The molecular weight excluding hydrogens is 414 g/mol. The molecule has 0 N–H and O–H groups in total. The molecule has 2 heterocycles. The van der Waals surface area contributed by atoms with Crippen LogP contribution < -0.4 is 4.74 Å². The van der Waals surface area contributed by atoms with Crippen LogP contribution in [0.3, 0.4) is 0 Å². The van der Waals surface area contributed by atoms with E-state index in [1.54, 1.807) is 0 Å². The van der Waals surface area contributed by atoms with Crippen molar-refractivity contribution < 1.29 is 4.74 Å². The summed E-state index contributed by atoms with van der Waals surface area (Å²) in [6, 6.07) is 41.2. The third kappa shape index (κ3) is 2.35. The van der Waals surface area contributed by atoms with E-state index in [1.807, 2.05) is 0 Å². The number of hydrogen-bond acceptors (Lipinski definition) is 1. The molecule has 0 atom stereocenters. The van der Waals surface area contributed by atoms with Gasteiger partial charge in [-0.3, -0.25) is 0 Å². The van der Waals surface area contributed by atoms with Crippen LogP contribution in [0.2, 0.25) is 0 Å². The first-order chi connectivity index (χ1) is 16.8. The van der Waals surface area contributed by atoms with Gasteiger partial charge in [0.05, 0.1) is 11.0 Å². The summed E-state index contributed by atoms with van der Waals surface area (Å²) in [5, 5.41) is 7.44. The number of nitrogens with zero attached hydrogens (tertiary/aromatic N) is 1. The van der Waals surface area contributed by atoms with Gasteiger partial charge in [-0.05, 0) is 64.2 Å². The van der Waals surface area contributed by atoms with E-state index in [1.165, 1.54) is 48.9 Å². The second-order valence-corrected chi connectivity index (χ2v) is 9.01. The number of hydrogen-bond donors (Lipinski definition) is 0. The van der Waals surface area contributed by atoms with Crippen molar-refractivity contribution in [1.82, 2.24) is 4.57 Å². The maximum atomic E-state index is 6.35. The zero-order chi connectivity index (χ0) is 22.2. The third-order valence-electron chi connectivity index (χ3n) is 7.14. The van der Waals surface area contributed by atoms with Crippen LogP contribution in [0, 0.1) is 0 Å². The monoisotopic (exact) mass is 433 g/mol. The molecule has 2 nitrogen and oxygen atoms in total. The Kier molecular flexibility index (Phi) is 3.42. The lowest BCUT2D eigenvalue weighted by Crippen LogP contribution is -2.00. The Bertz CT molecular complexity index is 1940. The predicted octanol–water partition coefficient (Wildman–Crippen LogP) is 8.86.